The maximum Gasteiger partial charge on any atom is 0.338 e. The van der Waals surface area contributed by atoms with Crippen molar-refractivity contribution in [1.82, 2.24) is 4.57 Å². The number of nitrogens with zero attached hydrogens (tertiary/aromatic N) is 3. The van der Waals surface area contributed by atoms with Crippen molar-refractivity contribution in [2.75, 3.05) is 12.9 Å². The van der Waals surface area contributed by atoms with Crippen molar-refractivity contribution < 1.29 is 23.9 Å². The molecule has 0 saturated heterocycles. The number of nitro groups is 1. The number of carbonyl (C=O) groups is 1. The van der Waals surface area contributed by atoms with Gasteiger partial charge in [-0.05, 0) is 93.1 Å². The van der Waals surface area contributed by atoms with Crippen LogP contribution in [0.4, 0.5) is 5.69 Å². The lowest BCUT2D eigenvalue weighted by Gasteiger charge is -2.25. The van der Waals surface area contributed by atoms with E-state index in [4.69, 9.17) is 14.2 Å². The highest BCUT2D eigenvalue weighted by Gasteiger charge is 2.33. The number of non-ortho nitro benzene ring substituents is 1. The summed E-state index contributed by atoms with van der Waals surface area (Å²) in [6, 6.07) is 18.6. The lowest BCUT2D eigenvalue weighted by molar-refractivity contribution is -0.384. The third kappa shape index (κ3) is 7.08. The molecule has 0 amide bonds. The third-order valence-corrected chi connectivity index (χ3v) is 8.85. The molecule has 238 valence electrons. The number of aromatic nitrogens is 1. The fourth-order valence-electron chi connectivity index (χ4n) is 4.99. The third-order valence-electron chi connectivity index (χ3n) is 7.12. The summed E-state index contributed by atoms with van der Waals surface area (Å²) < 4.78 is 19.4. The molecule has 0 N–H and O–H groups in total. The Morgan fingerprint density at radius 1 is 1.09 bits per heavy atom. The average molecular weight is 660 g/mol. The molecule has 10 nitrogen and oxygen atoms in total. The van der Waals surface area contributed by atoms with E-state index in [1.165, 1.54) is 23.5 Å². The zero-order chi connectivity index (χ0) is 33.0. The molecular formula is C34H33N3O7S2. The van der Waals surface area contributed by atoms with Gasteiger partial charge in [-0.3, -0.25) is 19.5 Å². The normalized spacial score (nSPS) is 14.6. The van der Waals surface area contributed by atoms with Gasteiger partial charge in [0.25, 0.3) is 11.2 Å². The Morgan fingerprint density at radius 3 is 2.43 bits per heavy atom. The van der Waals surface area contributed by atoms with Crippen molar-refractivity contribution >= 4 is 40.8 Å². The van der Waals surface area contributed by atoms with Gasteiger partial charge in [0.15, 0.2) is 16.3 Å². The van der Waals surface area contributed by atoms with Gasteiger partial charge in [0, 0.05) is 17.0 Å². The molecule has 0 spiro atoms. The fourth-order valence-corrected chi connectivity index (χ4v) is 6.45. The lowest BCUT2D eigenvalue weighted by Crippen LogP contribution is -2.40. The largest absolute Gasteiger partial charge is 0.490 e. The van der Waals surface area contributed by atoms with Crippen molar-refractivity contribution in [3.63, 3.8) is 0 Å². The standard InChI is InChI=1S/C34H33N3O7S2/c1-6-42-28-17-23(9-16-27(28)43-19-22-7-12-25(13-8-22)37(40)41)18-29-32(38)36-31(24-10-14-26(45-5)15-11-24)30(33(39)44-20(2)3)21(4)35-34(36)46-29/h7-18,20,31H,6,19H2,1-5H3/b29-18-/t31-/m0/s1. The van der Waals surface area contributed by atoms with Gasteiger partial charge in [0.2, 0.25) is 0 Å². The van der Waals surface area contributed by atoms with E-state index in [0.717, 1.165) is 16.0 Å². The van der Waals surface area contributed by atoms with E-state index < -0.39 is 16.9 Å². The minimum absolute atomic E-state index is 0.00934. The van der Waals surface area contributed by atoms with Crippen molar-refractivity contribution in [2.45, 2.75) is 51.3 Å². The molecule has 0 fully saturated rings. The van der Waals surface area contributed by atoms with Crippen molar-refractivity contribution in [3.05, 3.63) is 124 Å². The first-order valence-electron chi connectivity index (χ1n) is 14.6. The summed E-state index contributed by atoms with van der Waals surface area (Å²) >= 11 is 2.85. The van der Waals surface area contributed by atoms with Crippen LogP contribution in [-0.4, -0.2) is 34.4 Å². The number of carbonyl (C=O) groups excluding carboxylic acids is 1. The van der Waals surface area contributed by atoms with E-state index in [0.29, 0.717) is 44.3 Å². The Balaban J connectivity index is 1.52. The highest BCUT2D eigenvalue weighted by atomic mass is 32.2. The van der Waals surface area contributed by atoms with Crippen molar-refractivity contribution in [3.8, 4) is 11.5 Å². The molecule has 3 aromatic carbocycles. The molecule has 0 bridgehead atoms. The van der Waals surface area contributed by atoms with Gasteiger partial charge < -0.3 is 14.2 Å². The highest BCUT2D eigenvalue weighted by Crippen LogP contribution is 2.33. The number of benzene rings is 3. The SMILES string of the molecule is CCOc1cc(/C=c2\sc3n(c2=O)[C@@H](c2ccc(SC)cc2)C(C(=O)OC(C)C)=C(C)N=3)ccc1OCc1ccc([N+](=O)[O-])cc1. The summed E-state index contributed by atoms with van der Waals surface area (Å²) in [6.07, 6.45) is 3.42. The number of nitro benzene ring substituents is 1. The predicted octanol–water partition coefficient (Wildman–Crippen LogP) is 5.79. The maximum absolute atomic E-state index is 14.0. The summed E-state index contributed by atoms with van der Waals surface area (Å²) in [5.74, 6) is 0.485. The van der Waals surface area contributed by atoms with Gasteiger partial charge in [-0.25, -0.2) is 9.79 Å². The van der Waals surface area contributed by atoms with Gasteiger partial charge >= 0.3 is 5.97 Å². The number of thiazole rings is 1. The zero-order valence-corrected chi connectivity index (χ0v) is 27.6. The van der Waals surface area contributed by atoms with Gasteiger partial charge in [-0.15, -0.1) is 11.8 Å². The average Bonchev–Trinajstić information content (AvgIpc) is 3.33. The van der Waals surface area contributed by atoms with E-state index in [9.17, 15) is 19.7 Å². The highest BCUT2D eigenvalue weighted by molar-refractivity contribution is 7.98. The molecular weight excluding hydrogens is 627 g/mol. The van der Waals surface area contributed by atoms with Crippen LogP contribution in [0.5, 0.6) is 11.5 Å². The first-order valence-corrected chi connectivity index (χ1v) is 16.6. The van der Waals surface area contributed by atoms with Crippen LogP contribution in [0.25, 0.3) is 6.08 Å². The smallest absolute Gasteiger partial charge is 0.338 e. The molecule has 4 aromatic rings. The van der Waals surface area contributed by atoms with Crippen LogP contribution in [-0.2, 0) is 16.1 Å². The van der Waals surface area contributed by atoms with Crippen LogP contribution in [0.15, 0.2) is 92.7 Å². The number of allylic oxidation sites excluding steroid dienone is 1. The number of ether oxygens (including phenoxy) is 3. The van der Waals surface area contributed by atoms with Crippen LogP contribution < -0.4 is 24.4 Å². The van der Waals surface area contributed by atoms with Crippen LogP contribution in [0.2, 0.25) is 0 Å². The van der Waals surface area contributed by atoms with Gasteiger partial charge in [-0.1, -0.05) is 29.5 Å². The number of hydrogen-bond donors (Lipinski definition) is 0. The van der Waals surface area contributed by atoms with E-state index in [2.05, 4.69) is 4.99 Å². The van der Waals surface area contributed by atoms with Crippen LogP contribution in [0, 0.1) is 10.1 Å². The second-order valence-electron chi connectivity index (χ2n) is 10.7. The molecule has 1 aromatic heterocycles. The molecule has 1 atom stereocenters. The van der Waals surface area contributed by atoms with Crippen molar-refractivity contribution in [1.29, 1.82) is 0 Å². The number of hydrogen-bond acceptors (Lipinski definition) is 10. The minimum Gasteiger partial charge on any atom is -0.490 e. The molecule has 0 unspecified atom stereocenters. The van der Waals surface area contributed by atoms with E-state index in [1.54, 1.807) is 67.4 Å². The number of esters is 1. The second-order valence-corrected chi connectivity index (χ2v) is 12.5. The number of thioether (sulfide) groups is 1. The number of rotatable bonds is 11. The van der Waals surface area contributed by atoms with E-state index >= 15 is 0 Å². The summed E-state index contributed by atoms with van der Waals surface area (Å²) in [6.45, 7) is 7.78. The number of fused-ring (bicyclic) bond motifs is 1. The minimum atomic E-state index is -0.699. The van der Waals surface area contributed by atoms with Gasteiger partial charge in [0.05, 0.1) is 39.5 Å². The topological polar surface area (TPSA) is 122 Å². The fraction of sp³-hybridized carbons (Fsp3) is 0.265. The van der Waals surface area contributed by atoms with Gasteiger partial charge in [-0.2, -0.15) is 0 Å². The lowest BCUT2D eigenvalue weighted by atomic mass is 9.96. The molecule has 0 saturated carbocycles. The predicted molar refractivity (Wildman–Crippen MR) is 178 cm³/mol. The molecule has 1 aliphatic rings. The molecule has 1 aliphatic heterocycles. The van der Waals surface area contributed by atoms with E-state index in [1.807, 2.05) is 43.5 Å². The Kier molecular flexibility index (Phi) is 10.1. The molecule has 46 heavy (non-hydrogen) atoms. The second kappa shape index (κ2) is 14.2. The Bertz CT molecular complexity index is 1980. The molecule has 0 aliphatic carbocycles. The summed E-state index contributed by atoms with van der Waals surface area (Å²) in [5.41, 5.74) is 2.83. The van der Waals surface area contributed by atoms with Gasteiger partial charge in [0.1, 0.15) is 6.61 Å². The first-order chi connectivity index (χ1) is 22.1. The summed E-state index contributed by atoms with van der Waals surface area (Å²) in [5, 5.41) is 11.0. The summed E-state index contributed by atoms with van der Waals surface area (Å²) in [7, 11) is 0. The molecule has 12 heteroatoms. The Labute approximate surface area is 273 Å². The van der Waals surface area contributed by atoms with Crippen LogP contribution >= 0.6 is 23.1 Å². The van der Waals surface area contributed by atoms with Crippen molar-refractivity contribution in [2.24, 2.45) is 4.99 Å². The van der Waals surface area contributed by atoms with E-state index in [-0.39, 0.29) is 24.0 Å². The molecule has 0 radical (unpaired) electrons. The Hall–Kier alpha value is -4.68. The van der Waals surface area contributed by atoms with Crippen LogP contribution in [0.1, 0.15) is 50.4 Å². The summed E-state index contributed by atoms with van der Waals surface area (Å²) in [4.78, 5) is 44.1. The first kappa shape index (κ1) is 32.7. The molecule has 5 rings (SSSR count). The Morgan fingerprint density at radius 2 is 1.80 bits per heavy atom. The quantitative estimate of drug-likeness (QED) is 0.0858. The molecule has 2 heterocycles. The zero-order valence-electron chi connectivity index (χ0n) is 26.0. The monoisotopic (exact) mass is 659 g/mol. The maximum atomic E-state index is 14.0. The van der Waals surface area contributed by atoms with Crippen LogP contribution in [0.3, 0.4) is 0 Å².